The van der Waals surface area contributed by atoms with Gasteiger partial charge in [0.25, 0.3) is 0 Å². The zero-order chi connectivity index (χ0) is 28.2. The van der Waals surface area contributed by atoms with Gasteiger partial charge in [-0.05, 0) is 97.3 Å². The first-order valence-corrected chi connectivity index (χ1v) is 14.9. The molecular weight excluding hydrogens is 498 g/mol. The van der Waals surface area contributed by atoms with Gasteiger partial charge in [-0.3, -0.25) is 4.79 Å². The summed E-state index contributed by atoms with van der Waals surface area (Å²) in [4.78, 5) is 16.5. The molecule has 210 valence electrons. The van der Waals surface area contributed by atoms with Gasteiger partial charge < -0.3 is 15.2 Å². The van der Waals surface area contributed by atoms with E-state index in [-0.39, 0.29) is 22.9 Å². The molecule has 0 saturated heterocycles. The Hall–Kier alpha value is -3.33. The lowest BCUT2D eigenvalue weighted by molar-refractivity contribution is -0.148. The molecule has 4 aliphatic rings. The third-order valence-corrected chi connectivity index (χ3v) is 11.3. The molecule has 0 aliphatic heterocycles. The largest absolute Gasteiger partial charge is 0.497 e. The number of rotatable bonds is 4. The summed E-state index contributed by atoms with van der Waals surface area (Å²) in [5.74, 6) is 3.25. The average Bonchev–Trinajstić information content (AvgIpc) is 3.30. The van der Waals surface area contributed by atoms with Crippen LogP contribution in [0.1, 0.15) is 89.3 Å². The number of nitrogen functional groups attached to an aromatic ring is 1. The molecule has 0 amide bonds. The molecule has 1 heterocycles. The quantitative estimate of drug-likeness (QED) is 0.326. The summed E-state index contributed by atoms with van der Waals surface area (Å²) in [5.41, 5.74) is 11.6. The van der Waals surface area contributed by atoms with Gasteiger partial charge in [0.2, 0.25) is 0 Å². The first-order chi connectivity index (χ1) is 19.2. The van der Waals surface area contributed by atoms with Crippen LogP contribution in [0.2, 0.25) is 0 Å². The van der Waals surface area contributed by atoms with Crippen molar-refractivity contribution in [2.24, 2.45) is 28.6 Å². The number of nitrogens with two attached hydrogens (primary N) is 1. The highest BCUT2D eigenvalue weighted by Crippen LogP contribution is 2.68. The number of esters is 1. The highest BCUT2D eigenvalue weighted by atomic mass is 16.5. The molecule has 2 aromatic rings. The zero-order valence-corrected chi connectivity index (χ0v) is 24.2. The molecule has 0 spiro atoms. The molecule has 6 heteroatoms. The molecule has 1 aromatic carbocycles. The number of nitriles is 1. The van der Waals surface area contributed by atoms with Crippen LogP contribution in [-0.2, 0) is 9.53 Å². The molecule has 2 N–H and O–H groups in total. The van der Waals surface area contributed by atoms with Gasteiger partial charge in [-0.1, -0.05) is 37.6 Å². The number of hydrogen-bond acceptors (Lipinski definition) is 6. The molecule has 0 unspecified atom stereocenters. The normalized spacial score (nSPS) is 34.5. The van der Waals surface area contributed by atoms with Crippen LogP contribution in [0, 0.1) is 39.9 Å². The van der Waals surface area contributed by atoms with Gasteiger partial charge >= 0.3 is 5.97 Å². The summed E-state index contributed by atoms with van der Waals surface area (Å²) < 4.78 is 11.0. The number of fused-ring (bicyclic) bond motifs is 5. The van der Waals surface area contributed by atoms with E-state index in [0.29, 0.717) is 35.1 Å². The van der Waals surface area contributed by atoms with E-state index in [4.69, 9.17) is 20.2 Å². The van der Waals surface area contributed by atoms with Crippen molar-refractivity contribution in [1.82, 2.24) is 4.98 Å². The Labute approximate surface area is 238 Å². The van der Waals surface area contributed by atoms with E-state index in [0.717, 1.165) is 54.7 Å². The van der Waals surface area contributed by atoms with Gasteiger partial charge in [-0.15, -0.1) is 0 Å². The number of carbonyl (C=O) groups excluding carboxylic acids is 1. The maximum atomic E-state index is 11.6. The second-order valence-corrected chi connectivity index (χ2v) is 13.1. The Morgan fingerprint density at radius 3 is 2.58 bits per heavy atom. The standard InChI is InChI=1S/C34H41N3O3/c1-20(38)40-24-13-15-33(2)22(17-24)7-10-25-28-11-12-30(34(28,3)16-14-29(25)33)31-18-26(27(19-35)32(36)37-31)21-5-8-23(39-4)9-6-21/h5-9,18,24-25,28-30H,10-17H2,1-4H3,(H2,36,37)/t24-,25-,28-,29-,30+,33-,34-/m0/s1. The number of methoxy groups -OCH3 is 1. The molecule has 7 atom stereocenters. The van der Waals surface area contributed by atoms with Crippen LogP contribution in [0.5, 0.6) is 5.75 Å². The number of anilines is 1. The molecule has 3 saturated carbocycles. The van der Waals surface area contributed by atoms with Crippen LogP contribution < -0.4 is 10.5 Å². The van der Waals surface area contributed by atoms with Crippen LogP contribution in [0.25, 0.3) is 11.1 Å². The highest BCUT2D eigenvalue weighted by Gasteiger charge is 2.59. The number of allylic oxidation sites excluding steroid dienone is 1. The van der Waals surface area contributed by atoms with Crippen LogP contribution >= 0.6 is 0 Å². The van der Waals surface area contributed by atoms with E-state index in [1.165, 1.54) is 31.8 Å². The number of benzene rings is 1. The Balaban J connectivity index is 1.30. The van der Waals surface area contributed by atoms with Crippen molar-refractivity contribution in [3.63, 3.8) is 0 Å². The van der Waals surface area contributed by atoms with Crippen molar-refractivity contribution >= 4 is 11.8 Å². The number of carbonyl (C=O) groups is 1. The minimum Gasteiger partial charge on any atom is -0.497 e. The molecule has 3 fully saturated rings. The molecule has 1 aromatic heterocycles. The number of pyridine rings is 1. The van der Waals surface area contributed by atoms with Crippen molar-refractivity contribution < 1.29 is 14.3 Å². The highest BCUT2D eigenvalue weighted by molar-refractivity contribution is 5.76. The van der Waals surface area contributed by atoms with Crippen LogP contribution in [0.15, 0.2) is 42.0 Å². The minimum absolute atomic E-state index is 0.0332. The second kappa shape index (κ2) is 9.94. The Bertz CT molecular complexity index is 1390. The van der Waals surface area contributed by atoms with Crippen molar-refractivity contribution in [2.75, 3.05) is 12.8 Å². The van der Waals surface area contributed by atoms with Gasteiger partial charge in [0.1, 0.15) is 29.3 Å². The first-order valence-electron chi connectivity index (χ1n) is 14.9. The first kappa shape index (κ1) is 26.9. The molecule has 4 aliphatic carbocycles. The number of nitrogens with zero attached hydrogens (tertiary/aromatic N) is 2. The molecule has 6 nitrogen and oxygen atoms in total. The predicted molar refractivity (Wildman–Crippen MR) is 155 cm³/mol. The predicted octanol–water partition coefficient (Wildman–Crippen LogP) is 7.19. The van der Waals surface area contributed by atoms with Gasteiger partial charge in [0, 0.05) is 30.5 Å². The van der Waals surface area contributed by atoms with Gasteiger partial charge in [-0.25, -0.2) is 4.98 Å². The van der Waals surface area contributed by atoms with E-state index in [2.05, 4.69) is 32.1 Å². The Kier molecular flexibility index (Phi) is 6.68. The van der Waals surface area contributed by atoms with E-state index in [1.807, 2.05) is 24.3 Å². The lowest BCUT2D eigenvalue weighted by Gasteiger charge is -2.58. The van der Waals surface area contributed by atoms with Gasteiger partial charge in [0.05, 0.1) is 7.11 Å². The van der Waals surface area contributed by atoms with E-state index in [1.54, 1.807) is 7.11 Å². The topological polar surface area (TPSA) is 98.2 Å². The van der Waals surface area contributed by atoms with E-state index >= 15 is 0 Å². The lowest BCUT2D eigenvalue weighted by atomic mass is 9.47. The van der Waals surface area contributed by atoms with Crippen molar-refractivity contribution in [3.05, 3.63) is 53.2 Å². The van der Waals surface area contributed by atoms with Crippen molar-refractivity contribution in [1.29, 1.82) is 5.26 Å². The summed E-state index contributed by atoms with van der Waals surface area (Å²) in [6.45, 7) is 6.50. The monoisotopic (exact) mass is 539 g/mol. The third kappa shape index (κ3) is 4.21. The maximum absolute atomic E-state index is 11.6. The Morgan fingerprint density at radius 2 is 1.88 bits per heavy atom. The molecule has 0 bridgehead atoms. The molecular formula is C34H41N3O3. The van der Waals surface area contributed by atoms with Gasteiger partial charge in [0.15, 0.2) is 0 Å². The van der Waals surface area contributed by atoms with Crippen molar-refractivity contribution in [3.8, 4) is 22.9 Å². The summed E-state index contributed by atoms with van der Waals surface area (Å²) >= 11 is 0. The third-order valence-electron chi connectivity index (χ3n) is 11.3. The smallest absolute Gasteiger partial charge is 0.302 e. The number of hydrogen-bond donors (Lipinski definition) is 1. The van der Waals surface area contributed by atoms with Gasteiger partial charge in [-0.2, -0.15) is 5.26 Å². The summed E-state index contributed by atoms with van der Waals surface area (Å²) in [7, 11) is 1.65. The number of aromatic nitrogens is 1. The molecule has 40 heavy (non-hydrogen) atoms. The SMILES string of the molecule is COc1ccc(-c2cc([C@H]3CC[C@H]4[C@@H]5CC=C6C[C@@H](OC(C)=O)CC[C@]6(C)[C@H]5CC[C@]34C)nc(N)c2C#N)cc1. The zero-order valence-electron chi connectivity index (χ0n) is 24.2. The van der Waals surface area contributed by atoms with Crippen LogP contribution in [0.3, 0.4) is 0 Å². The fraction of sp³-hybridized carbons (Fsp3) is 0.559. The number of ether oxygens (including phenoxy) is 2. The minimum atomic E-state index is -0.166. The van der Waals surface area contributed by atoms with E-state index in [9.17, 15) is 10.1 Å². The molecule has 0 radical (unpaired) electrons. The second-order valence-electron chi connectivity index (χ2n) is 13.1. The fourth-order valence-corrected chi connectivity index (χ4v) is 9.33. The maximum Gasteiger partial charge on any atom is 0.302 e. The Morgan fingerprint density at radius 1 is 1.10 bits per heavy atom. The molecule has 6 rings (SSSR count). The summed E-state index contributed by atoms with van der Waals surface area (Å²) in [5, 5.41) is 9.94. The van der Waals surface area contributed by atoms with Crippen LogP contribution in [0.4, 0.5) is 5.82 Å². The van der Waals surface area contributed by atoms with Crippen LogP contribution in [-0.4, -0.2) is 24.2 Å². The fourth-order valence-electron chi connectivity index (χ4n) is 9.33. The lowest BCUT2D eigenvalue weighted by Crippen LogP contribution is -2.50. The van der Waals surface area contributed by atoms with E-state index < -0.39 is 0 Å². The summed E-state index contributed by atoms with van der Waals surface area (Å²) in [6.07, 6.45) is 11.3. The summed E-state index contributed by atoms with van der Waals surface area (Å²) in [6, 6.07) is 12.3. The average molecular weight is 540 g/mol. The van der Waals surface area contributed by atoms with Crippen molar-refractivity contribution in [2.45, 2.75) is 84.2 Å².